The Balaban J connectivity index is 2.49. The highest BCUT2D eigenvalue weighted by Crippen LogP contribution is 2.22. The van der Waals surface area contributed by atoms with Crippen molar-refractivity contribution in [2.45, 2.75) is 0 Å². The van der Waals surface area contributed by atoms with E-state index in [0.29, 0.717) is 11.3 Å². The molecule has 0 aliphatic carbocycles. The maximum absolute atomic E-state index is 13.2. The molecule has 2 aromatic rings. The summed E-state index contributed by atoms with van der Waals surface area (Å²) < 4.78 is 13.2. The summed E-state index contributed by atoms with van der Waals surface area (Å²) in [5.74, 6) is -2.15. The molecule has 0 saturated carbocycles. The minimum Gasteiger partial charge on any atom is -0.475 e. The molecule has 1 heterocycles. The zero-order valence-corrected chi connectivity index (χ0v) is 9.15. The summed E-state index contributed by atoms with van der Waals surface area (Å²) in [4.78, 5) is 18.1. The van der Waals surface area contributed by atoms with Gasteiger partial charge >= 0.3 is 5.97 Å². The molecule has 0 aliphatic rings. The summed E-state index contributed by atoms with van der Waals surface area (Å²) in [5, 5.41) is 8.74. The number of nitrogens with zero attached hydrogens (tertiary/aromatic N) is 2. The lowest BCUT2D eigenvalue weighted by Crippen LogP contribution is -2.04. The molecule has 0 bridgehead atoms. The lowest BCUT2D eigenvalue weighted by molar-refractivity contribution is 0.0683. The average Bonchev–Trinajstić information content (AvgIpc) is 2.33. The molecule has 2 rings (SSSR count). The van der Waals surface area contributed by atoms with E-state index >= 15 is 0 Å². The van der Waals surface area contributed by atoms with Gasteiger partial charge in [-0.1, -0.05) is 17.7 Å². The van der Waals surface area contributed by atoms with Crippen molar-refractivity contribution in [1.29, 1.82) is 0 Å². The van der Waals surface area contributed by atoms with Crippen LogP contribution in [0.5, 0.6) is 0 Å². The summed E-state index contributed by atoms with van der Waals surface area (Å²) >= 11 is 5.55. The number of rotatable bonds is 2. The van der Waals surface area contributed by atoms with Crippen LogP contribution < -0.4 is 0 Å². The molecule has 1 aromatic heterocycles. The van der Waals surface area contributed by atoms with Gasteiger partial charge in [0.1, 0.15) is 5.82 Å². The van der Waals surface area contributed by atoms with E-state index in [0.717, 1.165) is 0 Å². The predicted molar refractivity (Wildman–Crippen MR) is 59.4 cm³/mol. The Morgan fingerprint density at radius 3 is 2.76 bits per heavy atom. The molecule has 0 fully saturated rings. The third-order valence-corrected chi connectivity index (χ3v) is 2.37. The third-order valence-electron chi connectivity index (χ3n) is 2.06. The Labute approximate surface area is 101 Å². The van der Waals surface area contributed by atoms with Gasteiger partial charge in [0.25, 0.3) is 0 Å². The van der Waals surface area contributed by atoms with Crippen LogP contribution in [0.3, 0.4) is 0 Å². The molecule has 1 aromatic carbocycles. The summed E-state index contributed by atoms with van der Waals surface area (Å²) in [6.45, 7) is 0. The van der Waals surface area contributed by atoms with Crippen LogP contribution >= 0.6 is 11.6 Å². The van der Waals surface area contributed by atoms with Gasteiger partial charge < -0.3 is 5.11 Å². The van der Waals surface area contributed by atoms with Crippen molar-refractivity contribution in [2.24, 2.45) is 0 Å². The largest absolute Gasteiger partial charge is 0.475 e. The van der Waals surface area contributed by atoms with Gasteiger partial charge in [-0.25, -0.2) is 19.2 Å². The van der Waals surface area contributed by atoms with Crippen LogP contribution in [0.2, 0.25) is 5.02 Å². The van der Waals surface area contributed by atoms with E-state index in [1.165, 1.54) is 24.4 Å². The van der Waals surface area contributed by atoms with Crippen molar-refractivity contribution in [1.82, 2.24) is 9.97 Å². The Hall–Kier alpha value is -2.01. The molecule has 0 saturated heterocycles. The van der Waals surface area contributed by atoms with Gasteiger partial charge in [-0.15, -0.1) is 0 Å². The van der Waals surface area contributed by atoms with E-state index in [1.807, 2.05) is 0 Å². The van der Waals surface area contributed by atoms with Crippen LogP contribution in [0.15, 0.2) is 30.5 Å². The first kappa shape index (κ1) is 11.5. The van der Waals surface area contributed by atoms with Crippen molar-refractivity contribution in [2.75, 3.05) is 0 Å². The van der Waals surface area contributed by atoms with Crippen LogP contribution in [-0.4, -0.2) is 21.0 Å². The molecule has 0 aliphatic heterocycles. The van der Waals surface area contributed by atoms with Crippen LogP contribution in [0.1, 0.15) is 10.6 Å². The predicted octanol–water partition coefficient (Wildman–Crippen LogP) is 2.63. The Kier molecular flexibility index (Phi) is 3.01. The number of halogens is 2. The highest BCUT2D eigenvalue weighted by atomic mass is 35.5. The number of benzene rings is 1. The molecular weight excluding hydrogens is 247 g/mol. The number of carboxylic acids is 1. The summed E-state index contributed by atoms with van der Waals surface area (Å²) in [6, 6.07) is 5.62. The van der Waals surface area contributed by atoms with Gasteiger partial charge in [0.05, 0.1) is 10.7 Å². The van der Waals surface area contributed by atoms with Gasteiger partial charge in [-0.3, -0.25) is 0 Å². The molecule has 86 valence electrons. The number of carboxylic acid groups (broad SMARTS) is 1. The molecule has 17 heavy (non-hydrogen) atoms. The fourth-order valence-electron chi connectivity index (χ4n) is 1.28. The first-order valence-electron chi connectivity index (χ1n) is 4.59. The molecule has 1 N–H and O–H groups in total. The molecule has 0 spiro atoms. The maximum atomic E-state index is 13.2. The molecule has 4 nitrogen and oxygen atoms in total. The number of hydrogen-bond donors (Lipinski definition) is 1. The molecule has 0 unspecified atom stereocenters. The quantitative estimate of drug-likeness (QED) is 0.892. The number of aromatic nitrogens is 2. The fraction of sp³-hybridized carbons (Fsp3) is 0. The van der Waals surface area contributed by atoms with E-state index in [1.54, 1.807) is 6.07 Å². The standard InChI is InChI=1S/C11H6ClFN2O2/c12-7-2-1-6(5-8(7)13)9-3-4-14-10(15-9)11(16)17/h1-5H,(H,16,17). The maximum Gasteiger partial charge on any atom is 0.373 e. The smallest absolute Gasteiger partial charge is 0.373 e. The highest BCUT2D eigenvalue weighted by molar-refractivity contribution is 6.30. The van der Waals surface area contributed by atoms with E-state index in [4.69, 9.17) is 16.7 Å². The second kappa shape index (κ2) is 4.47. The lowest BCUT2D eigenvalue weighted by Gasteiger charge is -2.02. The second-order valence-electron chi connectivity index (χ2n) is 3.20. The van der Waals surface area contributed by atoms with Gasteiger partial charge in [0.15, 0.2) is 0 Å². The second-order valence-corrected chi connectivity index (χ2v) is 3.61. The summed E-state index contributed by atoms with van der Waals surface area (Å²) in [6.07, 6.45) is 1.30. The monoisotopic (exact) mass is 252 g/mol. The number of hydrogen-bond acceptors (Lipinski definition) is 3. The minimum absolute atomic E-state index is 0.00117. The van der Waals surface area contributed by atoms with Gasteiger partial charge in [-0.2, -0.15) is 0 Å². The molecular formula is C11H6ClFN2O2. The summed E-state index contributed by atoms with van der Waals surface area (Å²) in [7, 11) is 0. The topological polar surface area (TPSA) is 63.1 Å². The molecule has 6 heteroatoms. The zero-order chi connectivity index (χ0) is 12.4. The average molecular weight is 253 g/mol. The minimum atomic E-state index is -1.23. The lowest BCUT2D eigenvalue weighted by atomic mass is 10.1. The van der Waals surface area contributed by atoms with Crippen molar-refractivity contribution < 1.29 is 14.3 Å². The SMILES string of the molecule is O=C(O)c1nccc(-c2ccc(Cl)c(F)c2)n1. The molecule has 0 atom stereocenters. The van der Waals surface area contributed by atoms with E-state index in [9.17, 15) is 9.18 Å². The fourth-order valence-corrected chi connectivity index (χ4v) is 1.40. The third kappa shape index (κ3) is 2.39. The number of aromatic carboxylic acids is 1. The van der Waals surface area contributed by atoms with Crippen molar-refractivity contribution in [3.8, 4) is 11.3 Å². The van der Waals surface area contributed by atoms with Crippen LogP contribution in [0.25, 0.3) is 11.3 Å². The first-order valence-corrected chi connectivity index (χ1v) is 4.97. The van der Waals surface area contributed by atoms with E-state index in [2.05, 4.69) is 9.97 Å². The molecule has 0 radical (unpaired) electrons. The van der Waals surface area contributed by atoms with Gasteiger partial charge in [0, 0.05) is 11.8 Å². The Bertz CT molecular complexity index is 589. The first-order chi connectivity index (χ1) is 8.08. The van der Waals surface area contributed by atoms with Crippen LogP contribution in [-0.2, 0) is 0 Å². The van der Waals surface area contributed by atoms with Gasteiger partial charge in [0.2, 0.25) is 5.82 Å². The van der Waals surface area contributed by atoms with Crippen molar-refractivity contribution >= 4 is 17.6 Å². The Morgan fingerprint density at radius 2 is 2.12 bits per heavy atom. The van der Waals surface area contributed by atoms with Crippen molar-refractivity contribution in [3.63, 3.8) is 0 Å². The Morgan fingerprint density at radius 1 is 1.35 bits per heavy atom. The van der Waals surface area contributed by atoms with E-state index < -0.39 is 11.8 Å². The van der Waals surface area contributed by atoms with E-state index in [-0.39, 0.29) is 10.8 Å². The normalized spacial score (nSPS) is 10.2. The molecule has 0 amide bonds. The summed E-state index contributed by atoms with van der Waals surface area (Å²) in [5.41, 5.74) is 0.768. The van der Waals surface area contributed by atoms with Crippen molar-refractivity contribution in [3.05, 3.63) is 47.1 Å². The van der Waals surface area contributed by atoms with Gasteiger partial charge in [-0.05, 0) is 18.2 Å². The highest BCUT2D eigenvalue weighted by Gasteiger charge is 2.09. The van der Waals surface area contributed by atoms with Crippen LogP contribution in [0.4, 0.5) is 4.39 Å². The van der Waals surface area contributed by atoms with Crippen LogP contribution in [0, 0.1) is 5.82 Å². The zero-order valence-electron chi connectivity index (χ0n) is 8.39. The number of carbonyl (C=O) groups is 1.